The topological polar surface area (TPSA) is 62.9 Å². The lowest BCUT2D eigenvalue weighted by atomic mass is 10.1. The molecule has 1 aromatic heterocycles. The molecule has 0 aliphatic heterocycles. The first-order chi connectivity index (χ1) is 9.77. The van der Waals surface area contributed by atoms with Gasteiger partial charge in [-0.15, -0.1) is 0 Å². The van der Waals surface area contributed by atoms with Crippen LogP contribution >= 0.6 is 0 Å². The molecule has 0 fully saturated rings. The predicted octanol–water partition coefficient (Wildman–Crippen LogP) is 2.42. The van der Waals surface area contributed by atoms with E-state index >= 15 is 0 Å². The molecule has 0 aromatic carbocycles. The molecule has 1 amide bonds. The van der Waals surface area contributed by atoms with Crippen LogP contribution in [0.2, 0.25) is 0 Å². The van der Waals surface area contributed by atoms with Crippen LogP contribution in [0.4, 0.5) is 0 Å². The molecule has 0 atom stereocenters. The molecule has 0 saturated carbocycles. The van der Waals surface area contributed by atoms with Crippen molar-refractivity contribution >= 4 is 18.6 Å². The van der Waals surface area contributed by atoms with E-state index in [4.69, 9.17) is 0 Å². The minimum Gasteiger partial charge on any atom is -0.278 e. The van der Waals surface area contributed by atoms with Crippen molar-refractivity contribution in [2.75, 3.05) is 7.05 Å². The number of rotatable bonds is 3. The van der Waals surface area contributed by atoms with Gasteiger partial charge in [0.2, 0.25) is 5.96 Å². The molecule has 1 heterocycles. The normalized spacial score (nSPS) is 12.7. The Bertz CT molecular complexity index is 595. The van der Waals surface area contributed by atoms with Gasteiger partial charge in [0, 0.05) is 20.3 Å². The van der Waals surface area contributed by atoms with E-state index < -0.39 is 0 Å². The van der Waals surface area contributed by atoms with E-state index in [1.54, 1.807) is 31.0 Å². The van der Waals surface area contributed by atoms with Gasteiger partial charge in [-0.2, -0.15) is 5.10 Å². The molecule has 0 bridgehead atoms. The molecule has 0 radical (unpaired) electrons. The van der Waals surface area contributed by atoms with E-state index in [-0.39, 0.29) is 11.9 Å². The van der Waals surface area contributed by atoms with Crippen LogP contribution in [0.5, 0.6) is 0 Å². The van der Waals surface area contributed by atoms with Crippen molar-refractivity contribution in [2.24, 2.45) is 23.0 Å². The van der Waals surface area contributed by atoms with E-state index in [1.807, 2.05) is 13.8 Å². The van der Waals surface area contributed by atoms with Crippen molar-refractivity contribution in [3.05, 3.63) is 29.2 Å². The second-order valence-corrected chi connectivity index (χ2v) is 5.27. The van der Waals surface area contributed by atoms with Gasteiger partial charge in [-0.1, -0.05) is 19.4 Å². The summed E-state index contributed by atoms with van der Waals surface area (Å²) in [5.41, 5.74) is 2.37. The quantitative estimate of drug-likeness (QED) is 0.633. The molecule has 0 unspecified atom stereocenters. The van der Waals surface area contributed by atoms with Crippen molar-refractivity contribution in [3.8, 4) is 0 Å². The SMILES string of the molecule is C=NC(=N/C=C(\C)C(C)C)N(C)C(=O)c1cc(C)nn1C. The van der Waals surface area contributed by atoms with E-state index in [9.17, 15) is 4.79 Å². The first-order valence-corrected chi connectivity index (χ1v) is 6.77. The maximum atomic E-state index is 12.4. The number of amides is 1. The fourth-order valence-electron chi connectivity index (χ4n) is 1.62. The van der Waals surface area contributed by atoms with Crippen LogP contribution in [0.3, 0.4) is 0 Å². The average molecular weight is 289 g/mol. The highest BCUT2D eigenvalue weighted by molar-refractivity contribution is 6.05. The Kier molecular flexibility index (Phi) is 5.58. The smallest absolute Gasteiger partial charge is 0.278 e. The Balaban J connectivity index is 3.04. The van der Waals surface area contributed by atoms with Crippen molar-refractivity contribution < 1.29 is 4.79 Å². The van der Waals surface area contributed by atoms with E-state index in [1.165, 1.54) is 4.90 Å². The third-order valence-electron chi connectivity index (χ3n) is 3.26. The first-order valence-electron chi connectivity index (χ1n) is 6.77. The lowest BCUT2D eigenvalue weighted by molar-refractivity contribution is 0.0859. The number of nitrogens with zero attached hydrogens (tertiary/aromatic N) is 5. The summed E-state index contributed by atoms with van der Waals surface area (Å²) in [7, 11) is 3.35. The molecule has 1 aromatic rings. The highest BCUT2D eigenvalue weighted by Gasteiger charge is 2.19. The molecule has 114 valence electrons. The van der Waals surface area contributed by atoms with Crippen LogP contribution in [-0.2, 0) is 7.05 Å². The van der Waals surface area contributed by atoms with Gasteiger partial charge in [0.25, 0.3) is 5.91 Å². The lowest BCUT2D eigenvalue weighted by Crippen LogP contribution is -2.33. The van der Waals surface area contributed by atoms with Crippen molar-refractivity contribution in [2.45, 2.75) is 27.7 Å². The summed E-state index contributed by atoms with van der Waals surface area (Å²) in [6.07, 6.45) is 1.72. The number of guanidine groups is 1. The Hall–Kier alpha value is -2.24. The molecule has 0 N–H and O–H groups in total. The maximum Gasteiger partial charge on any atom is 0.278 e. The molecule has 0 aliphatic carbocycles. The molecule has 21 heavy (non-hydrogen) atoms. The maximum absolute atomic E-state index is 12.4. The molecular formula is C15H23N5O. The van der Waals surface area contributed by atoms with E-state index in [0.717, 1.165) is 11.3 Å². The van der Waals surface area contributed by atoms with Crippen LogP contribution in [0.1, 0.15) is 37.0 Å². The molecular weight excluding hydrogens is 266 g/mol. The Labute approximate surface area is 125 Å². The Morgan fingerprint density at radius 1 is 1.52 bits per heavy atom. The van der Waals surface area contributed by atoms with Gasteiger partial charge in [0.1, 0.15) is 5.69 Å². The fraction of sp³-hybridized carbons (Fsp3) is 0.467. The lowest BCUT2D eigenvalue weighted by Gasteiger charge is -2.15. The standard InChI is InChI=1S/C15H23N5O/c1-10(2)11(3)9-17-15(16-5)19(6)14(21)13-8-12(4)18-20(13)7/h8-10H,5H2,1-4,6-7H3/b11-9+,17-15?. The summed E-state index contributed by atoms with van der Waals surface area (Å²) < 4.78 is 1.55. The summed E-state index contributed by atoms with van der Waals surface area (Å²) >= 11 is 0. The second kappa shape index (κ2) is 6.97. The third kappa shape index (κ3) is 4.11. The molecule has 1 rings (SSSR count). The first kappa shape index (κ1) is 16.8. The fourth-order valence-corrected chi connectivity index (χ4v) is 1.62. The van der Waals surface area contributed by atoms with Crippen LogP contribution in [-0.4, -0.2) is 40.3 Å². The van der Waals surface area contributed by atoms with E-state index in [2.05, 4.69) is 35.6 Å². The monoisotopic (exact) mass is 289 g/mol. The number of aryl methyl sites for hydroxylation is 2. The van der Waals surface area contributed by atoms with E-state index in [0.29, 0.717) is 11.6 Å². The third-order valence-corrected chi connectivity index (χ3v) is 3.26. The number of hydrogen-bond donors (Lipinski definition) is 0. The van der Waals surface area contributed by atoms with Crippen LogP contribution in [0, 0.1) is 12.8 Å². The summed E-state index contributed by atoms with van der Waals surface area (Å²) in [6, 6.07) is 1.73. The Morgan fingerprint density at radius 2 is 2.14 bits per heavy atom. The number of carbonyl (C=O) groups excluding carboxylic acids is 1. The zero-order valence-corrected chi connectivity index (χ0v) is 13.6. The van der Waals surface area contributed by atoms with Gasteiger partial charge in [0.15, 0.2) is 0 Å². The molecule has 6 heteroatoms. The minimum atomic E-state index is -0.222. The summed E-state index contributed by atoms with van der Waals surface area (Å²) in [5.74, 6) is 0.430. The number of allylic oxidation sites excluding steroid dienone is 1. The van der Waals surface area contributed by atoms with Gasteiger partial charge >= 0.3 is 0 Å². The number of aromatic nitrogens is 2. The van der Waals surface area contributed by atoms with Crippen molar-refractivity contribution in [1.29, 1.82) is 0 Å². The zero-order valence-electron chi connectivity index (χ0n) is 13.6. The summed E-state index contributed by atoms with van der Waals surface area (Å²) in [6.45, 7) is 11.5. The number of carbonyl (C=O) groups is 1. The van der Waals surface area contributed by atoms with Gasteiger partial charge in [0.05, 0.1) is 5.69 Å². The second-order valence-electron chi connectivity index (χ2n) is 5.27. The molecule has 6 nitrogen and oxygen atoms in total. The zero-order chi connectivity index (χ0) is 16.2. The predicted molar refractivity (Wildman–Crippen MR) is 85.6 cm³/mol. The van der Waals surface area contributed by atoms with Crippen LogP contribution in [0.25, 0.3) is 0 Å². The molecule has 0 spiro atoms. The van der Waals surface area contributed by atoms with Crippen molar-refractivity contribution in [1.82, 2.24) is 14.7 Å². The van der Waals surface area contributed by atoms with Crippen LogP contribution < -0.4 is 0 Å². The van der Waals surface area contributed by atoms with Crippen LogP contribution in [0.15, 0.2) is 27.8 Å². The largest absolute Gasteiger partial charge is 0.278 e. The summed E-state index contributed by atoms with van der Waals surface area (Å²) in [4.78, 5) is 21.9. The van der Waals surface area contributed by atoms with Gasteiger partial charge in [-0.05, 0) is 32.5 Å². The summed E-state index contributed by atoms with van der Waals surface area (Å²) in [5, 5.41) is 4.17. The number of aliphatic imine (C=N–C) groups is 2. The van der Waals surface area contributed by atoms with Gasteiger partial charge in [-0.3, -0.25) is 14.4 Å². The van der Waals surface area contributed by atoms with Gasteiger partial charge < -0.3 is 0 Å². The highest BCUT2D eigenvalue weighted by atomic mass is 16.2. The van der Waals surface area contributed by atoms with Gasteiger partial charge in [-0.25, -0.2) is 9.98 Å². The minimum absolute atomic E-state index is 0.222. The Morgan fingerprint density at radius 3 is 2.57 bits per heavy atom. The molecule has 0 saturated heterocycles. The number of hydrogen-bond acceptors (Lipinski definition) is 3. The van der Waals surface area contributed by atoms with Crippen molar-refractivity contribution in [3.63, 3.8) is 0 Å². The molecule has 0 aliphatic rings. The highest BCUT2D eigenvalue weighted by Crippen LogP contribution is 2.09. The average Bonchev–Trinajstić information content (AvgIpc) is 2.76.